The van der Waals surface area contributed by atoms with E-state index in [-0.39, 0.29) is 16.9 Å². The maximum absolute atomic E-state index is 14.4. The van der Waals surface area contributed by atoms with Crippen LogP contribution in [0.1, 0.15) is 23.9 Å². The first-order chi connectivity index (χ1) is 13.6. The van der Waals surface area contributed by atoms with Crippen molar-refractivity contribution in [3.8, 4) is 5.75 Å². The van der Waals surface area contributed by atoms with Crippen LogP contribution in [0.5, 0.6) is 5.75 Å². The van der Waals surface area contributed by atoms with E-state index in [0.717, 1.165) is 37.1 Å². The van der Waals surface area contributed by atoms with Crippen molar-refractivity contribution in [3.63, 3.8) is 0 Å². The Balaban J connectivity index is 1.53. The predicted molar refractivity (Wildman–Crippen MR) is 104 cm³/mol. The highest BCUT2D eigenvalue weighted by molar-refractivity contribution is 7.98. The number of hydrogen-bond donors (Lipinski definition) is 1. The third-order valence-corrected chi connectivity index (χ3v) is 5.32. The molecule has 4 rings (SSSR count). The molecule has 0 atom stereocenters. The first kappa shape index (κ1) is 18.6. The zero-order valence-corrected chi connectivity index (χ0v) is 15.9. The van der Waals surface area contributed by atoms with Crippen LogP contribution in [0.4, 0.5) is 14.5 Å². The fourth-order valence-corrected chi connectivity index (χ4v) is 3.66. The summed E-state index contributed by atoms with van der Waals surface area (Å²) in [5, 5.41) is 0.250. The summed E-state index contributed by atoms with van der Waals surface area (Å²) in [5.41, 5.74) is 1.06. The van der Waals surface area contributed by atoms with Gasteiger partial charge in [0.05, 0.1) is 16.9 Å². The van der Waals surface area contributed by atoms with Gasteiger partial charge in [-0.2, -0.15) is 0 Å². The Labute approximate surface area is 164 Å². The molecular weight excluding hydrogens is 386 g/mol. The molecule has 2 heterocycles. The lowest BCUT2D eigenvalue weighted by Crippen LogP contribution is -2.36. The molecule has 0 saturated carbocycles. The summed E-state index contributed by atoms with van der Waals surface area (Å²) in [4.78, 5) is 14.9. The van der Waals surface area contributed by atoms with Gasteiger partial charge < -0.3 is 14.1 Å². The minimum absolute atomic E-state index is 0.0171. The molecule has 2 aromatic carbocycles. The van der Waals surface area contributed by atoms with Crippen molar-refractivity contribution in [2.45, 2.75) is 18.2 Å². The van der Waals surface area contributed by atoms with Crippen molar-refractivity contribution < 1.29 is 22.7 Å². The summed E-state index contributed by atoms with van der Waals surface area (Å²) in [6, 6.07) is 9.01. The molecule has 8 heteroatoms. The lowest BCUT2D eigenvalue weighted by Gasteiger charge is -2.33. The fraction of sp³-hybridized carbons (Fsp3) is 0.250. The van der Waals surface area contributed by atoms with E-state index in [1.165, 1.54) is 24.3 Å². The molecule has 0 unspecified atom stereocenters. The summed E-state index contributed by atoms with van der Waals surface area (Å²) < 4.78 is 41.7. The molecule has 1 amide bonds. The van der Waals surface area contributed by atoms with Gasteiger partial charge in [0, 0.05) is 30.9 Å². The normalized spacial score (nSPS) is 13.5. The number of benzene rings is 2. The van der Waals surface area contributed by atoms with Gasteiger partial charge in [-0.05, 0) is 43.5 Å². The summed E-state index contributed by atoms with van der Waals surface area (Å²) in [7, 11) is 0. The molecule has 1 aromatic heterocycles. The van der Waals surface area contributed by atoms with Crippen LogP contribution in [0.15, 0.2) is 45.7 Å². The van der Waals surface area contributed by atoms with Crippen LogP contribution in [0.2, 0.25) is 0 Å². The second kappa shape index (κ2) is 7.71. The fourth-order valence-electron chi connectivity index (χ4n) is 2.96. The van der Waals surface area contributed by atoms with E-state index in [9.17, 15) is 13.6 Å². The van der Waals surface area contributed by atoms with Crippen molar-refractivity contribution in [2.24, 2.45) is 0 Å². The average molecular weight is 404 g/mol. The number of nitrogens with one attached hydrogen (secondary N) is 1. The molecule has 0 aliphatic carbocycles. The number of nitrogens with zero attached hydrogens (tertiary/aromatic N) is 1. The minimum atomic E-state index is -0.544. The monoisotopic (exact) mass is 404 g/mol. The van der Waals surface area contributed by atoms with Crippen molar-refractivity contribution in [1.82, 2.24) is 4.72 Å². The van der Waals surface area contributed by atoms with Crippen molar-refractivity contribution in [1.29, 1.82) is 0 Å². The highest BCUT2D eigenvalue weighted by atomic mass is 32.2. The Morgan fingerprint density at radius 3 is 2.79 bits per heavy atom. The standard InChI is InChI=1S/C20H18F2N2O3S/c1-2-26-19-14(21)5-3-6-18(19)28-23-20(25)17-11-13-15(22)9-12(10-16(13)27-17)24-7-4-8-24/h3,5-6,9-11H,2,4,7-8H2,1H3,(H,23,25). The molecule has 0 radical (unpaired) electrons. The first-order valence-corrected chi connectivity index (χ1v) is 9.75. The van der Waals surface area contributed by atoms with Gasteiger partial charge in [0.2, 0.25) is 0 Å². The Hall–Kier alpha value is -2.74. The molecular formula is C20H18F2N2O3S. The van der Waals surface area contributed by atoms with Crippen molar-refractivity contribution >= 4 is 34.5 Å². The van der Waals surface area contributed by atoms with Crippen LogP contribution in [0.25, 0.3) is 11.0 Å². The van der Waals surface area contributed by atoms with Gasteiger partial charge in [0.1, 0.15) is 11.4 Å². The largest absolute Gasteiger partial charge is 0.490 e. The number of ether oxygens (including phenoxy) is 1. The lowest BCUT2D eigenvalue weighted by atomic mass is 10.1. The average Bonchev–Trinajstić information content (AvgIpc) is 3.05. The molecule has 0 bridgehead atoms. The molecule has 1 fully saturated rings. The van der Waals surface area contributed by atoms with E-state index in [0.29, 0.717) is 17.1 Å². The molecule has 146 valence electrons. The number of carbonyl (C=O) groups is 1. The molecule has 0 spiro atoms. The first-order valence-electron chi connectivity index (χ1n) is 8.93. The van der Waals surface area contributed by atoms with Gasteiger partial charge in [-0.1, -0.05) is 6.07 Å². The van der Waals surface area contributed by atoms with E-state index in [1.807, 2.05) is 4.90 Å². The number of anilines is 1. The third-order valence-electron chi connectivity index (χ3n) is 4.49. The number of amides is 1. The van der Waals surface area contributed by atoms with Gasteiger partial charge in [-0.25, -0.2) is 8.78 Å². The van der Waals surface area contributed by atoms with Gasteiger partial charge in [-0.15, -0.1) is 0 Å². The Bertz CT molecular complexity index is 1030. The van der Waals surface area contributed by atoms with E-state index in [1.54, 1.807) is 19.1 Å². The molecule has 1 aliphatic rings. The van der Waals surface area contributed by atoms with Crippen LogP contribution in [0.3, 0.4) is 0 Å². The highest BCUT2D eigenvalue weighted by Crippen LogP contribution is 2.32. The van der Waals surface area contributed by atoms with Crippen LogP contribution >= 0.6 is 11.9 Å². The van der Waals surface area contributed by atoms with E-state index >= 15 is 0 Å². The number of halogens is 2. The Kier molecular flexibility index (Phi) is 5.13. The molecule has 1 N–H and O–H groups in total. The summed E-state index contributed by atoms with van der Waals surface area (Å²) in [6.07, 6.45) is 1.08. The third kappa shape index (κ3) is 3.52. The lowest BCUT2D eigenvalue weighted by molar-refractivity contribution is 0.0959. The van der Waals surface area contributed by atoms with Crippen molar-refractivity contribution in [2.75, 3.05) is 24.6 Å². The Morgan fingerprint density at radius 1 is 1.25 bits per heavy atom. The summed E-state index contributed by atoms with van der Waals surface area (Å²) >= 11 is 0.912. The quantitative estimate of drug-likeness (QED) is 0.601. The summed E-state index contributed by atoms with van der Waals surface area (Å²) in [5.74, 6) is -1.43. The Morgan fingerprint density at radius 2 is 2.07 bits per heavy atom. The highest BCUT2D eigenvalue weighted by Gasteiger charge is 2.20. The molecule has 5 nitrogen and oxygen atoms in total. The zero-order chi connectivity index (χ0) is 19.7. The van der Waals surface area contributed by atoms with Crippen LogP contribution < -0.4 is 14.4 Å². The molecule has 3 aromatic rings. The topological polar surface area (TPSA) is 54.7 Å². The minimum Gasteiger partial charge on any atom is -0.490 e. The predicted octanol–water partition coefficient (Wildman–Crippen LogP) is 4.76. The molecule has 1 saturated heterocycles. The summed E-state index contributed by atoms with van der Waals surface area (Å²) in [6.45, 7) is 3.80. The molecule has 1 aliphatic heterocycles. The number of para-hydroxylation sites is 1. The van der Waals surface area contributed by atoms with E-state index < -0.39 is 17.5 Å². The maximum Gasteiger partial charge on any atom is 0.297 e. The number of furan rings is 1. The van der Waals surface area contributed by atoms with Gasteiger partial charge in [-0.3, -0.25) is 9.52 Å². The second-order valence-corrected chi connectivity index (χ2v) is 7.17. The SMILES string of the molecule is CCOc1c(F)cccc1SNC(=O)c1cc2c(F)cc(N3CCC3)cc2o1. The van der Waals surface area contributed by atoms with Gasteiger partial charge >= 0.3 is 0 Å². The number of fused-ring (bicyclic) bond motifs is 1. The van der Waals surface area contributed by atoms with Crippen LogP contribution in [-0.2, 0) is 0 Å². The number of rotatable bonds is 6. The van der Waals surface area contributed by atoms with Gasteiger partial charge in [0.15, 0.2) is 17.3 Å². The van der Waals surface area contributed by atoms with Crippen LogP contribution in [-0.4, -0.2) is 25.6 Å². The van der Waals surface area contributed by atoms with E-state index in [2.05, 4.69) is 4.72 Å². The molecule has 28 heavy (non-hydrogen) atoms. The van der Waals surface area contributed by atoms with Gasteiger partial charge in [0.25, 0.3) is 5.91 Å². The smallest absolute Gasteiger partial charge is 0.297 e. The van der Waals surface area contributed by atoms with Crippen molar-refractivity contribution in [3.05, 3.63) is 53.8 Å². The van der Waals surface area contributed by atoms with E-state index in [4.69, 9.17) is 9.15 Å². The number of carbonyl (C=O) groups excluding carboxylic acids is 1. The van der Waals surface area contributed by atoms with Crippen LogP contribution in [0, 0.1) is 11.6 Å². The second-order valence-electron chi connectivity index (χ2n) is 6.32. The number of hydrogen-bond acceptors (Lipinski definition) is 5. The maximum atomic E-state index is 14.4. The zero-order valence-electron chi connectivity index (χ0n) is 15.1.